The van der Waals surface area contributed by atoms with Crippen molar-refractivity contribution in [2.45, 2.75) is 33.9 Å². The lowest BCUT2D eigenvalue weighted by atomic mass is 10.1. The average molecular weight is 743 g/mol. The molecule has 3 N–H and O–H groups in total. The SMILES string of the molecule is C/C(ON1CC(C(=O)NCc2ccccc2Oc2ccc(F)cc2)=C(O)C1=O)=C(\CN(C)C=O)C(=O)NCc1cccc(Oc2ccc(F)cc2)c1.CC. The lowest BCUT2D eigenvalue weighted by Gasteiger charge is -2.21. The van der Waals surface area contributed by atoms with Crippen molar-refractivity contribution in [1.29, 1.82) is 0 Å². The van der Waals surface area contributed by atoms with Gasteiger partial charge in [-0.1, -0.05) is 44.2 Å². The summed E-state index contributed by atoms with van der Waals surface area (Å²) in [5.74, 6) is -2.42. The number of rotatable bonds is 15. The predicted octanol–water partition coefficient (Wildman–Crippen LogP) is 6.46. The lowest BCUT2D eigenvalue weighted by Crippen LogP contribution is -2.34. The Balaban J connectivity index is 0.00000319. The van der Waals surface area contributed by atoms with Crippen LogP contribution in [0.5, 0.6) is 23.0 Å². The van der Waals surface area contributed by atoms with Crippen LogP contribution in [0.3, 0.4) is 0 Å². The Labute approximate surface area is 311 Å². The third-order valence-corrected chi connectivity index (χ3v) is 7.68. The van der Waals surface area contributed by atoms with Crippen LogP contribution in [0.1, 0.15) is 31.9 Å². The van der Waals surface area contributed by atoms with Crippen LogP contribution in [0, 0.1) is 11.6 Å². The van der Waals surface area contributed by atoms with Crippen molar-refractivity contribution in [1.82, 2.24) is 20.6 Å². The number of amides is 4. The van der Waals surface area contributed by atoms with E-state index in [9.17, 15) is 33.1 Å². The zero-order valence-electron chi connectivity index (χ0n) is 30.1. The summed E-state index contributed by atoms with van der Waals surface area (Å²) in [5.41, 5.74) is 0.960. The maximum absolute atomic E-state index is 13.4. The number of ether oxygens (including phenoxy) is 2. The van der Waals surface area contributed by atoms with E-state index in [0.717, 1.165) is 5.06 Å². The molecule has 0 fully saturated rings. The number of carbonyl (C=O) groups excluding carboxylic acids is 4. The minimum absolute atomic E-state index is 0.00345. The molecule has 0 aliphatic carbocycles. The Bertz CT molecular complexity index is 2020. The zero-order valence-corrected chi connectivity index (χ0v) is 30.1. The maximum atomic E-state index is 13.4. The molecule has 54 heavy (non-hydrogen) atoms. The van der Waals surface area contributed by atoms with Gasteiger partial charge in [-0.15, -0.1) is 0 Å². The van der Waals surface area contributed by atoms with E-state index in [2.05, 4.69) is 10.6 Å². The van der Waals surface area contributed by atoms with Crippen molar-refractivity contribution < 1.29 is 47.4 Å². The number of hydroxylamine groups is 2. The largest absolute Gasteiger partial charge is 0.503 e. The second-order valence-electron chi connectivity index (χ2n) is 11.5. The molecule has 1 aliphatic heterocycles. The number of halogens is 2. The number of hydrogen-bond acceptors (Lipinski definition) is 8. The zero-order chi connectivity index (χ0) is 39.2. The molecule has 1 aliphatic rings. The molecule has 0 spiro atoms. The van der Waals surface area contributed by atoms with Crippen LogP contribution >= 0.6 is 0 Å². The molecule has 1 heterocycles. The first-order chi connectivity index (χ1) is 26.0. The first-order valence-electron chi connectivity index (χ1n) is 16.9. The van der Waals surface area contributed by atoms with E-state index in [4.69, 9.17) is 14.3 Å². The van der Waals surface area contributed by atoms with E-state index in [1.54, 1.807) is 48.5 Å². The summed E-state index contributed by atoms with van der Waals surface area (Å²) in [6.07, 6.45) is 0.510. The van der Waals surface area contributed by atoms with Gasteiger partial charge in [-0.05, 0) is 79.2 Å². The number of aliphatic hydroxyl groups is 1. The lowest BCUT2D eigenvalue weighted by molar-refractivity contribution is -0.164. The standard InChI is InChI=1S/C38H34F2N4O8.C2H6/c1-24(32(21-43(2)23-45)36(47)41-19-25-6-5-8-31(18-25)50-29-14-10-27(39)11-15-29)52-44-22-33(35(46)38(44)49)37(48)42-20-26-7-3-4-9-34(26)51-30-16-12-28(40)13-17-30;1-2/h3-18,23,46H,19-22H2,1-2H3,(H,41,47)(H,42,48);1-2H3/b32-24-;. The van der Waals surface area contributed by atoms with Crippen LogP contribution in [0.2, 0.25) is 0 Å². The number of allylic oxidation sites excluding steroid dienone is 1. The van der Waals surface area contributed by atoms with E-state index >= 15 is 0 Å². The van der Waals surface area contributed by atoms with Crippen molar-refractivity contribution in [3.05, 3.63) is 142 Å². The quantitative estimate of drug-likeness (QED) is 0.0715. The molecule has 4 aromatic carbocycles. The molecular weight excluding hydrogens is 702 g/mol. The van der Waals surface area contributed by atoms with Gasteiger partial charge in [0.25, 0.3) is 11.8 Å². The van der Waals surface area contributed by atoms with Gasteiger partial charge in [-0.2, -0.15) is 5.06 Å². The molecule has 0 radical (unpaired) electrons. The minimum Gasteiger partial charge on any atom is -0.503 e. The molecule has 5 rings (SSSR count). The summed E-state index contributed by atoms with van der Waals surface area (Å²) < 4.78 is 38.2. The Morgan fingerprint density at radius 3 is 2.13 bits per heavy atom. The van der Waals surface area contributed by atoms with Gasteiger partial charge in [-0.3, -0.25) is 19.2 Å². The summed E-state index contributed by atoms with van der Waals surface area (Å²) in [7, 11) is 1.45. The Kier molecular flexibility index (Phi) is 14.3. The number of likely N-dealkylation sites (N-methyl/N-ethyl adjacent to an activating group) is 1. The average Bonchev–Trinajstić information content (AvgIpc) is 3.46. The summed E-state index contributed by atoms with van der Waals surface area (Å²) >= 11 is 0. The predicted molar refractivity (Wildman–Crippen MR) is 195 cm³/mol. The molecule has 0 bridgehead atoms. The number of aliphatic hydroxyl groups excluding tert-OH is 1. The van der Waals surface area contributed by atoms with Crippen molar-refractivity contribution in [3.63, 3.8) is 0 Å². The Morgan fingerprint density at radius 1 is 0.852 bits per heavy atom. The highest BCUT2D eigenvalue weighted by Crippen LogP contribution is 2.27. The molecule has 0 saturated heterocycles. The van der Waals surface area contributed by atoms with Gasteiger partial charge in [-0.25, -0.2) is 8.78 Å². The van der Waals surface area contributed by atoms with Crippen molar-refractivity contribution >= 4 is 24.1 Å². The van der Waals surface area contributed by atoms with Crippen molar-refractivity contribution in [2.24, 2.45) is 0 Å². The van der Waals surface area contributed by atoms with E-state index in [1.165, 1.54) is 67.4 Å². The second kappa shape index (κ2) is 19.2. The first kappa shape index (κ1) is 40.1. The number of nitrogens with one attached hydrogen (secondary N) is 2. The van der Waals surface area contributed by atoms with Crippen LogP contribution < -0.4 is 20.1 Å². The molecule has 0 aromatic heterocycles. The van der Waals surface area contributed by atoms with Crippen molar-refractivity contribution in [3.8, 4) is 23.0 Å². The molecule has 4 aromatic rings. The van der Waals surface area contributed by atoms with Crippen LogP contribution in [0.15, 0.2) is 120 Å². The van der Waals surface area contributed by atoms with Gasteiger partial charge in [0.05, 0.1) is 24.2 Å². The highest BCUT2D eigenvalue weighted by molar-refractivity contribution is 6.06. The molecule has 12 nitrogen and oxygen atoms in total. The van der Waals surface area contributed by atoms with Gasteiger partial charge in [0.2, 0.25) is 6.41 Å². The number of para-hydroxylation sites is 1. The minimum atomic E-state index is -1.01. The van der Waals surface area contributed by atoms with Gasteiger partial charge in [0.1, 0.15) is 40.4 Å². The fourth-order valence-corrected chi connectivity index (χ4v) is 4.95. The van der Waals surface area contributed by atoms with Crippen molar-refractivity contribution in [2.75, 3.05) is 20.1 Å². The van der Waals surface area contributed by atoms with Gasteiger partial charge < -0.3 is 35.0 Å². The fourth-order valence-electron chi connectivity index (χ4n) is 4.95. The van der Waals surface area contributed by atoms with E-state index in [1.807, 2.05) is 13.8 Å². The van der Waals surface area contributed by atoms with Crippen LogP contribution in [-0.4, -0.2) is 59.3 Å². The maximum Gasteiger partial charge on any atom is 0.322 e. The number of carbonyl (C=O) groups is 4. The smallest absolute Gasteiger partial charge is 0.322 e. The molecule has 0 saturated carbocycles. The monoisotopic (exact) mass is 742 g/mol. The number of hydrogen-bond donors (Lipinski definition) is 3. The summed E-state index contributed by atoms with van der Waals surface area (Å²) in [4.78, 5) is 57.7. The van der Waals surface area contributed by atoms with Crippen LogP contribution in [0.25, 0.3) is 0 Å². The molecule has 4 amide bonds. The Morgan fingerprint density at radius 2 is 1.48 bits per heavy atom. The molecule has 14 heteroatoms. The van der Waals surface area contributed by atoms with Gasteiger partial charge in [0, 0.05) is 25.7 Å². The van der Waals surface area contributed by atoms with Crippen LogP contribution in [-0.2, 0) is 37.1 Å². The molecule has 0 atom stereocenters. The molecule has 282 valence electrons. The molecule has 0 unspecified atom stereocenters. The number of benzene rings is 4. The van der Waals surface area contributed by atoms with E-state index in [-0.39, 0.29) is 36.5 Å². The topological polar surface area (TPSA) is 147 Å². The fraction of sp³-hybridized carbons (Fsp3) is 0.200. The highest BCUT2D eigenvalue weighted by Gasteiger charge is 2.36. The summed E-state index contributed by atoms with van der Waals surface area (Å²) in [5, 5.41) is 16.7. The molecular formula is C40H40F2N4O8. The van der Waals surface area contributed by atoms with Gasteiger partial charge >= 0.3 is 5.91 Å². The summed E-state index contributed by atoms with van der Waals surface area (Å²) in [6.45, 7) is 4.79. The Hall–Kier alpha value is -6.70. The normalized spacial score (nSPS) is 12.6. The third-order valence-electron chi connectivity index (χ3n) is 7.68. The van der Waals surface area contributed by atoms with Crippen LogP contribution in [0.4, 0.5) is 8.78 Å². The second-order valence-corrected chi connectivity index (χ2v) is 11.5. The first-order valence-corrected chi connectivity index (χ1v) is 16.9. The summed E-state index contributed by atoms with van der Waals surface area (Å²) in [6, 6.07) is 24.6. The highest BCUT2D eigenvalue weighted by atomic mass is 19.1. The van der Waals surface area contributed by atoms with Gasteiger partial charge in [0.15, 0.2) is 5.76 Å². The number of nitrogens with zero attached hydrogens (tertiary/aromatic N) is 2. The van der Waals surface area contributed by atoms with E-state index < -0.39 is 41.7 Å². The third kappa shape index (κ3) is 10.9. The van der Waals surface area contributed by atoms with E-state index in [0.29, 0.717) is 40.5 Å².